The first-order chi connectivity index (χ1) is 6.85. The van der Waals surface area contributed by atoms with Crippen molar-refractivity contribution >= 4 is 12.2 Å². The summed E-state index contributed by atoms with van der Waals surface area (Å²) in [6.07, 6.45) is 4.33. The van der Waals surface area contributed by atoms with Gasteiger partial charge in [0, 0.05) is 18.7 Å². The molecule has 1 aliphatic heterocycles. The van der Waals surface area contributed by atoms with Crippen molar-refractivity contribution in [3.8, 4) is 0 Å². The van der Waals surface area contributed by atoms with E-state index in [1.54, 1.807) is 6.07 Å². The van der Waals surface area contributed by atoms with Crippen molar-refractivity contribution in [1.82, 2.24) is 0 Å². The van der Waals surface area contributed by atoms with Crippen LogP contribution in [-0.2, 0) is 0 Å². The summed E-state index contributed by atoms with van der Waals surface area (Å²) in [5, 5.41) is 0. The highest BCUT2D eigenvalue weighted by molar-refractivity contribution is 5.71. The third kappa shape index (κ3) is 1.54. The summed E-state index contributed by atoms with van der Waals surface area (Å²) in [5.74, 6) is 1.26. The first kappa shape index (κ1) is 9.31. The molecule has 3 nitrogen and oxygen atoms in total. The van der Waals surface area contributed by atoms with Gasteiger partial charge in [-0.3, -0.25) is 4.79 Å². The lowest BCUT2D eigenvalue weighted by atomic mass is 10.2. The largest absolute Gasteiger partial charge is 0.438 e. The Kier molecular flexibility index (Phi) is 2.57. The van der Waals surface area contributed by atoms with Gasteiger partial charge < -0.3 is 9.32 Å². The molecule has 14 heavy (non-hydrogen) atoms. The van der Waals surface area contributed by atoms with Crippen molar-refractivity contribution < 1.29 is 9.21 Å². The van der Waals surface area contributed by atoms with E-state index >= 15 is 0 Å². The Hall–Kier alpha value is -1.25. The molecule has 3 heteroatoms. The Bertz CT molecular complexity index is 319. The summed E-state index contributed by atoms with van der Waals surface area (Å²) < 4.78 is 5.41. The predicted molar refractivity (Wildman–Crippen MR) is 54.8 cm³/mol. The lowest BCUT2D eigenvalue weighted by Crippen LogP contribution is -2.27. The van der Waals surface area contributed by atoms with Gasteiger partial charge in [0.15, 0.2) is 17.9 Å². The van der Waals surface area contributed by atoms with Crippen molar-refractivity contribution in [3.05, 3.63) is 17.9 Å². The maximum Gasteiger partial charge on any atom is 0.196 e. The van der Waals surface area contributed by atoms with Crippen molar-refractivity contribution in [2.75, 3.05) is 11.4 Å². The van der Waals surface area contributed by atoms with Crippen molar-refractivity contribution in [2.24, 2.45) is 0 Å². The van der Waals surface area contributed by atoms with Gasteiger partial charge in [-0.25, -0.2) is 0 Å². The first-order valence-electron chi connectivity index (χ1n) is 5.16. The van der Waals surface area contributed by atoms with Crippen LogP contribution in [0.2, 0.25) is 0 Å². The molecule has 1 aliphatic rings. The molecule has 0 spiro atoms. The van der Waals surface area contributed by atoms with Crippen LogP contribution >= 0.6 is 0 Å². The summed E-state index contributed by atoms with van der Waals surface area (Å²) in [7, 11) is 0. The topological polar surface area (TPSA) is 33.5 Å². The van der Waals surface area contributed by atoms with Crippen LogP contribution in [-0.4, -0.2) is 18.9 Å². The zero-order valence-electron chi connectivity index (χ0n) is 8.40. The van der Waals surface area contributed by atoms with Crippen LogP contribution in [0.4, 0.5) is 5.88 Å². The molecule has 0 aliphatic carbocycles. The third-order valence-electron chi connectivity index (χ3n) is 2.86. The van der Waals surface area contributed by atoms with E-state index in [1.165, 1.54) is 12.8 Å². The first-order valence-corrected chi connectivity index (χ1v) is 5.16. The van der Waals surface area contributed by atoms with Crippen molar-refractivity contribution in [2.45, 2.75) is 32.2 Å². The molecule has 0 aromatic carbocycles. The van der Waals surface area contributed by atoms with Crippen LogP contribution in [0, 0.1) is 0 Å². The Labute approximate surface area is 83.7 Å². The monoisotopic (exact) mass is 193 g/mol. The predicted octanol–water partition coefficient (Wildman–Crippen LogP) is 2.47. The van der Waals surface area contributed by atoms with E-state index in [2.05, 4.69) is 11.8 Å². The molecule has 76 valence electrons. The lowest BCUT2D eigenvalue weighted by molar-refractivity contribution is 0.110. The number of carbonyl (C=O) groups excluding carboxylic acids is 1. The smallest absolute Gasteiger partial charge is 0.196 e. The molecule has 1 fully saturated rings. The van der Waals surface area contributed by atoms with Gasteiger partial charge in [0.2, 0.25) is 0 Å². The molecule has 0 bridgehead atoms. The zero-order chi connectivity index (χ0) is 9.97. The van der Waals surface area contributed by atoms with Gasteiger partial charge >= 0.3 is 0 Å². The molecular weight excluding hydrogens is 178 g/mol. The fraction of sp³-hybridized carbons (Fsp3) is 0.545. The van der Waals surface area contributed by atoms with Gasteiger partial charge in [0.05, 0.1) is 0 Å². The highest BCUT2D eigenvalue weighted by atomic mass is 16.4. The normalized spacial score (nSPS) is 21.5. The summed E-state index contributed by atoms with van der Waals surface area (Å²) >= 11 is 0. The Morgan fingerprint density at radius 1 is 1.64 bits per heavy atom. The van der Waals surface area contributed by atoms with Crippen LogP contribution in [0.3, 0.4) is 0 Å². The second-order valence-corrected chi connectivity index (χ2v) is 3.69. The van der Waals surface area contributed by atoms with Crippen LogP contribution in [0.1, 0.15) is 36.7 Å². The lowest BCUT2D eigenvalue weighted by Gasteiger charge is -2.22. The second kappa shape index (κ2) is 3.86. The van der Waals surface area contributed by atoms with E-state index in [4.69, 9.17) is 4.42 Å². The number of aldehydes is 1. The molecule has 1 saturated heterocycles. The minimum atomic E-state index is 0.418. The fourth-order valence-corrected chi connectivity index (χ4v) is 2.11. The highest BCUT2D eigenvalue weighted by Crippen LogP contribution is 2.28. The molecule has 0 amide bonds. The number of rotatable bonds is 3. The van der Waals surface area contributed by atoms with Crippen LogP contribution in [0.25, 0.3) is 0 Å². The van der Waals surface area contributed by atoms with E-state index in [0.717, 1.165) is 25.1 Å². The Balaban J connectivity index is 2.17. The summed E-state index contributed by atoms with van der Waals surface area (Å²) in [6, 6.07) is 4.20. The number of nitrogens with zero attached hydrogens (tertiary/aromatic N) is 1. The summed E-state index contributed by atoms with van der Waals surface area (Å²) in [4.78, 5) is 12.7. The molecule has 0 saturated carbocycles. The van der Waals surface area contributed by atoms with Gasteiger partial charge in [0.25, 0.3) is 0 Å². The highest BCUT2D eigenvalue weighted by Gasteiger charge is 2.25. The van der Waals surface area contributed by atoms with Crippen LogP contribution in [0.5, 0.6) is 0 Å². The average molecular weight is 193 g/mol. The number of carbonyl (C=O) groups is 1. The summed E-state index contributed by atoms with van der Waals surface area (Å²) in [5.41, 5.74) is 0. The Morgan fingerprint density at radius 3 is 3.14 bits per heavy atom. The van der Waals surface area contributed by atoms with Crippen molar-refractivity contribution in [3.63, 3.8) is 0 Å². The number of anilines is 1. The van der Waals surface area contributed by atoms with E-state index in [1.807, 2.05) is 6.07 Å². The molecule has 0 radical (unpaired) electrons. The van der Waals surface area contributed by atoms with Crippen molar-refractivity contribution in [1.29, 1.82) is 0 Å². The van der Waals surface area contributed by atoms with Gasteiger partial charge in [-0.05, 0) is 25.3 Å². The molecular formula is C11H15NO2. The van der Waals surface area contributed by atoms with Gasteiger partial charge in [-0.2, -0.15) is 0 Å². The Morgan fingerprint density at radius 2 is 2.50 bits per heavy atom. The zero-order valence-corrected chi connectivity index (χ0v) is 8.40. The third-order valence-corrected chi connectivity index (χ3v) is 2.86. The second-order valence-electron chi connectivity index (χ2n) is 3.69. The molecule has 1 unspecified atom stereocenters. The number of furan rings is 1. The van der Waals surface area contributed by atoms with Crippen LogP contribution < -0.4 is 4.90 Å². The van der Waals surface area contributed by atoms with Crippen LogP contribution in [0.15, 0.2) is 16.5 Å². The average Bonchev–Trinajstić information content (AvgIpc) is 2.85. The quantitative estimate of drug-likeness (QED) is 0.691. The maximum atomic E-state index is 10.5. The van der Waals surface area contributed by atoms with E-state index in [0.29, 0.717) is 11.8 Å². The molecule has 2 rings (SSSR count). The van der Waals surface area contributed by atoms with Gasteiger partial charge in [-0.15, -0.1) is 0 Å². The SMILES string of the molecule is CCC1CCCN1c1ccc(C=O)o1. The number of hydrogen-bond acceptors (Lipinski definition) is 3. The van der Waals surface area contributed by atoms with Gasteiger partial charge in [-0.1, -0.05) is 6.92 Å². The van der Waals surface area contributed by atoms with E-state index in [9.17, 15) is 4.79 Å². The molecule has 0 N–H and O–H groups in total. The molecule has 2 heterocycles. The summed E-state index contributed by atoms with van der Waals surface area (Å²) in [6.45, 7) is 3.23. The fourth-order valence-electron chi connectivity index (χ4n) is 2.11. The van der Waals surface area contributed by atoms with E-state index in [-0.39, 0.29) is 0 Å². The standard InChI is InChI=1S/C11H15NO2/c1-2-9-4-3-7-12(9)11-6-5-10(8-13)14-11/h5-6,8-9H,2-4,7H2,1H3. The minimum Gasteiger partial charge on any atom is -0.438 e. The molecule has 1 atom stereocenters. The van der Waals surface area contributed by atoms with E-state index < -0.39 is 0 Å². The minimum absolute atomic E-state index is 0.418. The number of hydrogen-bond donors (Lipinski definition) is 0. The maximum absolute atomic E-state index is 10.5. The molecule has 1 aromatic heterocycles. The molecule has 1 aromatic rings. The van der Waals surface area contributed by atoms with Gasteiger partial charge in [0.1, 0.15) is 0 Å².